The average molecular weight is 204 g/mol. The van der Waals surface area contributed by atoms with Crippen LogP contribution in [-0.4, -0.2) is 16.2 Å². The molecule has 0 amide bonds. The molecule has 15 heavy (non-hydrogen) atoms. The molecule has 0 aliphatic rings. The first-order chi connectivity index (χ1) is 7.08. The highest BCUT2D eigenvalue weighted by molar-refractivity contribution is 5.86. The fourth-order valence-electron chi connectivity index (χ4n) is 1.24. The summed E-state index contributed by atoms with van der Waals surface area (Å²) >= 11 is 0. The standard InChI is InChI=1S/C12H12O3/c1-2-12(15,9-8-11(13)14)10-6-4-3-5-7-10/h3-7,15H,2H2,1H3,(H,13,14). The number of aliphatic carboxylic acids is 1. The minimum absolute atomic E-state index is 0.345. The van der Waals surface area contributed by atoms with Crippen LogP contribution in [0.2, 0.25) is 0 Å². The van der Waals surface area contributed by atoms with Gasteiger partial charge in [-0.2, -0.15) is 0 Å². The molecule has 0 saturated carbocycles. The largest absolute Gasteiger partial charge is 0.472 e. The van der Waals surface area contributed by atoms with Crippen LogP contribution in [0.4, 0.5) is 0 Å². The first-order valence-corrected chi connectivity index (χ1v) is 4.62. The molecule has 3 heteroatoms. The van der Waals surface area contributed by atoms with Crippen molar-refractivity contribution in [2.24, 2.45) is 0 Å². The van der Waals surface area contributed by atoms with Gasteiger partial charge in [0.2, 0.25) is 0 Å². The predicted octanol–water partition coefficient (Wildman–Crippen LogP) is 1.37. The van der Waals surface area contributed by atoms with Crippen LogP contribution < -0.4 is 0 Å². The zero-order valence-corrected chi connectivity index (χ0v) is 8.40. The summed E-state index contributed by atoms with van der Waals surface area (Å²) in [7, 11) is 0. The molecule has 78 valence electrons. The molecule has 1 atom stereocenters. The summed E-state index contributed by atoms with van der Waals surface area (Å²) in [5, 5.41) is 18.5. The van der Waals surface area contributed by atoms with Crippen molar-refractivity contribution in [2.45, 2.75) is 18.9 Å². The highest BCUT2D eigenvalue weighted by atomic mass is 16.4. The van der Waals surface area contributed by atoms with Crippen molar-refractivity contribution >= 4 is 5.97 Å². The number of aliphatic hydroxyl groups is 1. The second-order valence-corrected chi connectivity index (χ2v) is 3.14. The fraction of sp³-hybridized carbons (Fsp3) is 0.250. The van der Waals surface area contributed by atoms with Crippen molar-refractivity contribution in [2.75, 3.05) is 0 Å². The summed E-state index contributed by atoms with van der Waals surface area (Å²) < 4.78 is 0. The Morgan fingerprint density at radius 2 is 2.00 bits per heavy atom. The van der Waals surface area contributed by atoms with Gasteiger partial charge >= 0.3 is 5.97 Å². The van der Waals surface area contributed by atoms with Gasteiger partial charge in [-0.05, 0) is 12.0 Å². The van der Waals surface area contributed by atoms with Crippen molar-refractivity contribution in [3.63, 3.8) is 0 Å². The van der Waals surface area contributed by atoms with Crippen molar-refractivity contribution in [1.29, 1.82) is 0 Å². The maximum atomic E-state index is 10.3. The molecule has 0 aliphatic carbocycles. The van der Waals surface area contributed by atoms with Crippen LogP contribution >= 0.6 is 0 Å². The third-order valence-electron chi connectivity index (χ3n) is 2.14. The summed E-state index contributed by atoms with van der Waals surface area (Å²) in [5.74, 6) is 3.08. The molecule has 1 aromatic carbocycles. The molecule has 1 aromatic rings. The minimum atomic E-state index is -1.38. The van der Waals surface area contributed by atoms with E-state index in [1.807, 2.05) is 12.0 Å². The monoisotopic (exact) mass is 204 g/mol. The molecule has 0 spiro atoms. The minimum Gasteiger partial charge on any atom is -0.472 e. The Morgan fingerprint density at radius 1 is 1.40 bits per heavy atom. The van der Waals surface area contributed by atoms with Crippen LogP contribution in [0.5, 0.6) is 0 Å². The Hall–Kier alpha value is -1.79. The lowest BCUT2D eigenvalue weighted by Gasteiger charge is -2.20. The fourth-order valence-corrected chi connectivity index (χ4v) is 1.24. The lowest BCUT2D eigenvalue weighted by atomic mass is 9.92. The summed E-state index contributed by atoms with van der Waals surface area (Å²) in [6, 6.07) is 8.82. The molecule has 3 nitrogen and oxygen atoms in total. The van der Waals surface area contributed by atoms with E-state index in [1.54, 1.807) is 31.2 Å². The predicted molar refractivity (Wildman–Crippen MR) is 56.0 cm³/mol. The molecule has 0 fully saturated rings. The Labute approximate surface area is 88.4 Å². The maximum Gasteiger partial charge on any atom is 0.382 e. The molecular weight excluding hydrogens is 192 g/mol. The Bertz CT molecular complexity index is 400. The van der Waals surface area contributed by atoms with E-state index in [4.69, 9.17) is 5.11 Å². The van der Waals surface area contributed by atoms with Gasteiger partial charge in [-0.15, -0.1) is 0 Å². The van der Waals surface area contributed by atoms with Gasteiger partial charge in [-0.1, -0.05) is 43.2 Å². The third-order valence-corrected chi connectivity index (χ3v) is 2.14. The van der Waals surface area contributed by atoms with E-state index in [0.29, 0.717) is 12.0 Å². The molecule has 0 radical (unpaired) electrons. The zero-order chi connectivity index (χ0) is 11.3. The van der Waals surface area contributed by atoms with Gasteiger partial charge in [0.1, 0.15) is 0 Å². The highest BCUT2D eigenvalue weighted by Gasteiger charge is 2.24. The number of carboxylic acids is 1. The van der Waals surface area contributed by atoms with Gasteiger partial charge in [-0.25, -0.2) is 4.79 Å². The number of benzene rings is 1. The van der Waals surface area contributed by atoms with E-state index >= 15 is 0 Å². The maximum absolute atomic E-state index is 10.3. The number of rotatable bonds is 2. The van der Waals surface area contributed by atoms with Gasteiger partial charge < -0.3 is 10.2 Å². The summed E-state index contributed by atoms with van der Waals surface area (Å²) in [5.41, 5.74) is -0.763. The number of carbonyl (C=O) groups is 1. The second kappa shape index (κ2) is 4.63. The van der Waals surface area contributed by atoms with E-state index in [2.05, 4.69) is 5.92 Å². The summed E-state index contributed by atoms with van der Waals surface area (Å²) in [4.78, 5) is 10.3. The van der Waals surface area contributed by atoms with Crippen LogP contribution in [-0.2, 0) is 10.4 Å². The molecule has 0 bridgehead atoms. The second-order valence-electron chi connectivity index (χ2n) is 3.14. The molecule has 0 heterocycles. The number of hydrogen-bond acceptors (Lipinski definition) is 2. The van der Waals surface area contributed by atoms with Crippen LogP contribution in [0, 0.1) is 11.8 Å². The van der Waals surface area contributed by atoms with E-state index in [1.165, 1.54) is 0 Å². The molecule has 2 N–H and O–H groups in total. The third kappa shape index (κ3) is 2.83. The van der Waals surface area contributed by atoms with Crippen LogP contribution in [0.25, 0.3) is 0 Å². The van der Waals surface area contributed by atoms with E-state index in [0.717, 1.165) is 0 Å². The Morgan fingerprint density at radius 3 is 2.47 bits per heavy atom. The van der Waals surface area contributed by atoms with Crippen molar-refractivity contribution in [3.8, 4) is 11.8 Å². The van der Waals surface area contributed by atoms with Crippen molar-refractivity contribution in [1.82, 2.24) is 0 Å². The Kier molecular flexibility index (Phi) is 3.48. The number of hydrogen-bond donors (Lipinski definition) is 2. The van der Waals surface area contributed by atoms with E-state index in [9.17, 15) is 9.90 Å². The average Bonchev–Trinajstić information content (AvgIpc) is 2.27. The van der Waals surface area contributed by atoms with Crippen LogP contribution in [0.1, 0.15) is 18.9 Å². The van der Waals surface area contributed by atoms with Gasteiger partial charge in [0, 0.05) is 5.92 Å². The quantitative estimate of drug-likeness (QED) is 0.715. The molecule has 0 aliphatic heterocycles. The van der Waals surface area contributed by atoms with E-state index in [-0.39, 0.29) is 0 Å². The lowest BCUT2D eigenvalue weighted by Crippen LogP contribution is -2.22. The van der Waals surface area contributed by atoms with Gasteiger partial charge in [0.05, 0.1) is 0 Å². The molecule has 1 unspecified atom stereocenters. The zero-order valence-electron chi connectivity index (χ0n) is 8.40. The molecular formula is C12H12O3. The summed E-state index contributed by atoms with van der Waals surface area (Å²) in [6.07, 6.45) is 0.345. The normalized spacial score (nSPS) is 13.5. The smallest absolute Gasteiger partial charge is 0.382 e. The van der Waals surface area contributed by atoms with Gasteiger partial charge in [0.25, 0.3) is 0 Å². The lowest BCUT2D eigenvalue weighted by molar-refractivity contribution is -0.130. The first kappa shape index (κ1) is 11.3. The SMILES string of the molecule is CCC(O)(C#CC(=O)O)c1ccccc1. The van der Waals surface area contributed by atoms with Crippen LogP contribution in [0.3, 0.4) is 0 Å². The van der Waals surface area contributed by atoms with E-state index < -0.39 is 11.6 Å². The van der Waals surface area contributed by atoms with Crippen molar-refractivity contribution in [3.05, 3.63) is 35.9 Å². The Balaban J connectivity index is 3.08. The van der Waals surface area contributed by atoms with Gasteiger partial charge in [0.15, 0.2) is 5.60 Å². The topological polar surface area (TPSA) is 57.5 Å². The highest BCUT2D eigenvalue weighted by Crippen LogP contribution is 2.23. The summed E-state index contributed by atoms with van der Waals surface area (Å²) in [6.45, 7) is 1.75. The first-order valence-electron chi connectivity index (χ1n) is 4.62. The van der Waals surface area contributed by atoms with Crippen LogP contribution in [0.15, 0.2) is 30.3 Å². The molecule has 0 saturated heterocycles. The number of carboxylic acid groups (broad SMARTS) is 1. The van der Waals surface area contributed by atoms with Crippen molar-refractivity contribution < 1.29 is 15.0 Å². The molecule has 1 rings (SSSR count). The van der Waals surface area contributed by atoms with Gasteiger partial charge in [-0.3, -0.25) is 0 Å². The molecule has 0 aromatic heterocycles.